The smallest absolute Gasteiger partial charge is 0.0249 e. The number of hydrogen-bond donors (Lipinski definition) is 0. The van der Waals surface area contributed by atoms with Crippen LogP contribution in [0.25, 0.3) is 11.1 Å². The van der Waals surface area contributed by atoms with Crippen LogP contribution in [0.2, 0.25) is 0 Å². The van der Waals surface area contributed by atoms with Crippen molar-refractivity contribution in [3.05, 3.63) is 95.1 Å². The van der Waals surface area contributed by atoms with Gasteiger partial charge in [-0.25, -0.2) is 0 Å². The summed E-state index contributed by atoms with van der Waals surface area (Å²) in [6.07, 6.45) is 0. The maximum atomic E-state index is 3.21. The van der Waals surface area contributed by atoms with E-state index in [1.54, 1.807) is 0 Å². The molecule has 0 aliphatic heterocycles. The van der Waals surface area contributed by atoms with Gasteiger partial charge in [0.2, 0.25) is 0 Å². The third kappa shape index (κ3) is 3.10. The minimum absolute atomic E-state index is 1.03. The van der Waals surface area contributed by atoms with Crippen LogP contribution in [0.3, 0.4) is 0 Å². The molecular formula is C22H17. The lowest BCUT2D eigenvalue weighted by Gasteiger charge is -2.09. The van der Waals surface area contributed by atoms with Gasteiger partial charge in [-0.1, -0.05) is 54.3 Å². The summed E-state index contributed by atoms with van der Waals surface area (Å²) in [5, 5.41) is 0. The van der Waals surface area contributed by atoms with Crippen LogP contribution in [0.1, 0.15) is 22.3 Å². The standard InChI is InChI=1S/C22H17/c1-17-7-6-8-18(2)22(17)21-15-13-20(14-16-21)12-11-19-9-4-3-5-10-19/h3-5,7-10,13-16H,1-2H3. The molecule has 1 radical (unpaired) electrons. The normalized spacial score (nSPS) is 9.91. The highest BCUT2D eigenvalue weighted by Gasteiger charge is 2.04. The number of hydrogen-bond acceptors (Lipinski definition) is 0. The fraction of sp³-hybridized carbons (Fsp3) is 0.0909. The van der Waals surface area contributed by atoms with E-state index in [-0.39, 0.29) is 0 Å². The molecule has 105 valence electrons. The van der Waals surface area contributed by atoms with E-state index in [0.717, 1.165) is 11.1 Å². The molecule has 0 aliphatic rings. The van der Waals surface area contributed by atoms with Gasteiger partial charge in [-0.2, -0.15) is 0 Å². The van der Waals surface area contributed by atoms with E-state index in [1.807, 2.05) is 42.5 Å². The molecule has 0 spiro atoms. The summed E-state index contributed by atoms with van der Waals surface area (Å²) in [5.41, 5.74) is 7.10. The summed E-state index contributed by atoms with van der Waals surface area (Å²) >= 11 is 0. The molecule has 0 saturated carbocycles. The molecule has 0 bridgehead atoms. The van der Waals surface area contributed by atoms with Gasteiger partial charge >= 0.3 is 0 Å². The molecule has 0 amide bonds. The van der Waals surface area contributed by atoms with Gasteiger partial charge in [0.05, 0.1) is 0 Å². The highest BCUT2D eigenvalue weighted by molar-refractivity contribution is 5.71. The van der Waals surface area contributed by atoms with E-state index < -0.39 is 0 Å². The van der Waals surface area contributed by atoms with Crippen LogP contribution < -0.4 is 0 Å². The first-order valence-electron chi connectivity index (χ1n) is 7.39. The van der Waals surface area contributed by atoms with Crippen molar-refractivity contribution in [2.24, 2.45) is 0 Å². The quantitative estimate of drug-likeness (QED) is 0.540. The SMILES string of the molecule is Cc1c[c]cc(C)c1-c1ccc(C#Cc2ccccc2)cc1. The van der Waals surface area contributed by atoms with E-state index in [9.17, 15) is 0 Å². The van der Waals surface area contributed by atoms with Gasteiger partial charge in [0.1, 0.15) is 0 Å². The van der Waals surface area contributed by atoms with Crippen molar-refractivity contribution in [1.29, 1.82) is 0 Å². The second-order valence-corrected chi connectivity index (χ2v) is 5.39. The molecule has 0 unspecified atom stereocenters. The van der Waals surface area contributed by atoms with Crippen LogP contribution >= 0.6 is 0 Å². The van der Waals surface area contributed by atoms with Gasteiger partial charge in [0, 0.05) is 11.1 Å². The highest BCUT2D eigenvalue weighted by Crippen LogP contribution is 2.26. The molecule has 0 atom stereocenters. The fourth-order valence-electron chi connectivity index (χ4n) is 2.59. The predicted molar refractivity (Wildman–Crippen MR) is 92.6 cm³/mol. The van der Waals surface area contributed by atoms with Crippen molar-refractivity contribution in [2.45, 2.75) is 13.8 Å². The Balaban J connectivity index is 1.90. The third-order valence-corrected chi connectivity index (χ3v) is 3.69. The van der Waals surface area contributed by atoms with Crippen molar-refractivity contribution >= 4 is 0 Å². The van der Waals surface area contributed by atoms with Crippen LogP contribution in [-0.2, 0) is 0 Å². The van der Waals surface area contributed by atoms with Crippen LogP contribution in [0.5, 0.6) is 0 Å². The molecular weight excluding hydrogens is 264 g/mol. The zero-order valence-electron chi connectivity index (χ0n) is 12.9. The van der Waals surface area contributed by atoms with E-state index in [1.165, 1.54) is 22.3 Å². The first-order valence-corrected chi connectivity index (χ1v) is 7.39. The van der Waals surface area contributed by atoms with Crippen LogP contribution in [-0.4, -0.2) is 0 Å². The molecule has 0 aliphatic carbocycles. The molecule has 3 aromatic rings. The summed E-state index contributed by atoms with van der Waals surface area (Å²) in [6.45, 7) is 4.25. The highest BCUT2D eigenvalue weighted by atomic mass is 14.1. The van der Waals surface area contributed by atoms with Crippen LogP contribution in [0.15, 0.2) is 66.7 Å². The fourth-order valence-corrected chi connectivity index (χ4v) is 2.59. The second kappa shape index (κ2) is 6.33. The lowest BCUT2D eigenvalue weighted by atomic mass is 9.95. The van der Waals surface area contributed by atoms with Gasteiger partial charge in [-0.15, -0.1) is 0 Å². The van der Waals surface area contributed by atoms with Crippen LogP contribution in [0, 0.1) is 31.8 Å². The van der Waals surface area contributed by atoms with Crippen LogP contribution in [0.4, 0.5) is 0 Å². The summed E-state index contributed by atoms with van der Waals surface area (Å²) in [4.78, 5) is 0. The number of aryl methyl sites for hydroxylation is 2. The molecule has 0 heterocycles. The topological polar surface area (TPSA) is 0 Å². The van der Waals surface area contributed by atoms with Gasteiger partial charge in [-0.3, -0.25) is 0 Å². The van der Waals surface area contributed by atoms with Crippen molar-refractivity contribution in [1.82, 2.24) is 0 Å². The Labute approximate surface area is 132 Å². The lowest BCUT2D eigenvalue weighted by molar-refractivity contribution is 1.37. The predicted octanol–water partition coefficient (Wildman–Crippen LogP) is 5.17. The first-order chi connectivity index (χ1) is 10.7. The summed E-state index contributed by atoms with van der Waals surface area (Å²) in [6, 6.07) is 25.7. The summed E-state index contributed by atoms with van der Waals surface area (Å²) < 4.78 is 0. The van der Waals surface area contributed by atoms with Gasteiger partial charge in [-0.05, 0) is 66.4 Å². The van der Waals surface area contributed by atoms with E-state index >= 15 is 0 Å². The summed E-state index contributed by atoms with van der Waals surface area (Å²) in [5.74, 6) is 6.40. The lowest BCUT2D eigenvalue weighted by Crippen LogP contribution is -1.88. The number of rotatable bonds is 1. The number of benzene rings is 3. The zero-order chi connectivity index (χ0) is 15.4. The monoisotopic (exact) mass is 281 g/mol. The Morgan fingerprint density at radius 2 is 1.23 bits per heavy atom. The Bertz CT molecular complexity index is 808. The first kappa shape index (κ1) is 14.2. The molecule has 3 aromatic carbocycles. The molecule has 0 saturated heterocycles. The molecule has 22 heavy (non-hydrogen) atoms. The Kier molecular flexibility index (Phi) is 4.08. The zero-order valence-corrected chi connectivity index (χ0v) is 12.9. The molecule has 0 aromatic heterocycles. The van der Waals surface area contributed by atoms with Crippen molar-refractivity contribution < 1.29 is 0 Å². The Morgan fingerprint density at radius 1 is 0.682 bits per heavy atom. The van der Waals surface area contributed by atoms with Gasteiger partial charge in [0.15, 0.2) is 0 Å². The Morgan fingerprint density at radius 3 is 1.82 bits per heavy atom. The van der Waals surface area contributed by atoms with E-state index in [2.05, 4.69) is 56.0 Å². The van der Waals surface area contributed by atoms with Gasteiger partial charge < -0.3 is 0 Å². The minimum atomic E-state index is 1.03. The molecule has 0 nitrogen and oxygen atoms in total. The average molecular weight is 281 g/mol. The second-order valence-electron chi connectivity index (χ2n) is 5.39. The molecule has 3 rings (SSSR count). The van der Waals surface area contributed by atoms with E-state index in [4.69, 9.17) is 0 Å². The Hall–Kier alpha value is -2.78. The minimum Gasteiger partial charge on any atom is -0.0622 e. The van der Waals surface area contributed by atoms with Gasteiger partial charge in [0.25, 0.3) is 0 Å². The largest absolute Gasteiger partial charge is 0.0622 e. The maximum absolute atomic E-state index is 3.21. The van der Waals surface area contributed by atoms with Crippen molar-refractivity contribution in [3.8, 4) is 23.0 Å². The van der Waals surface area contributed by atoms with E-state index in [0.29, 0.717) is 0 Å². The average Bonchev–Trinajstić information content (AvgIpc) is 2.55. The molecule has 0 heteroatoms. The summed E-state index contributed by atoms with van der Waals surface area (Å²) in [7, 11) is 0. The van der Waals surface area contributed by atoms with Crippen molar-refractivity contribution in [3.63, 3.8) is 0 Å². The maximum Gasteiger partial charge on any atom is 0.0249 e. The van der Waals surface area contributed by atoms with Crippen molar-refractivity contribution in [2.75, 3.05) is 0 Å². The third-order valence-electron chi connectivity index (χ3n) is 3.69. The molecule has 0 fully saturated rings. The molecule has 0 N–H and O–H groups in total.